The van der Waals surface area contributed by atoms with Gasteiger partial charge in [0.2, 0.25) is 0 Å². The highest BCUT2D eigenvalue weighted by Crippen LogP contribution is 2.30. The summed E-state index contributed by atoms with van der Waals surface area (Å²) in [5.74, 6) is -3.63. The molecule has 0 saturated heterocycles. The molecule has 0 aromatic carbocycles. The Morgan fingerprint density at radius 1 is 1.06 bits per heavy atom. The molecule has 0 aliphatic rings. The average Bonchev–Trinajstić information content (AvgIpc) is 2.25. The van der Waals surface area contributed by atoms with Crippen LogP contribution in [0.1, 0.15) is 6.42 Å². The Morgan fingerprint density at radius 3 is 2.00 bits per heavy atom. The van der Waals surface area contributed by atoms with Gasteiger partial charge < -0.3 is 26.8 Å². The lowest BCUT2D eigenvalue weighted by Crippen LogP contribution is -2.41. The van der Waals surface area contributed by atoms with Gasteiger partial charge in [-0.3, -0.25) is 14.4 Å². The fourth-order valence-electron chi connectivity index (χ4n) is 0.823. The Bertz CT molecular complexity index is 327. The zero-order valence-corrected chi connectivity index (χ0v) is 10.8. The minimum atomic E-state index is -1.33. The summed E-state index contributed by atoms with van der Waals surface area (Å²) in [6.07, 6.45) is -0.423. The molecule has 0 rings (SSSR count). The van der Waals surface area contributed by atoms with E-state index in [1.165, 1.54) is 0 Å². The smallest absolute Gasteiger partial charge is 0.321 e. The van der Waals surface area contributed by atoms with Gasteiger partial charge in [-0.25, -0.2) is 0 Å². The highest BCUT2D eigenvalue weighted by atomic mass is 33.1. The summed E-state index contributed by atoms with van der Waals surface area (Å²) in [5.41, 5.74) is 10.6. The quantitative estimate of drug-likeness (QED) is 0.334. The largest absolute Gasteiger partial charge is 0.481 e. The zero-order chi connectivity index (χ0) is 14.3. The molecule has 0 heterocycles. The molecule has 0 aromatic rings. The van der Waals surface area contributed by atoms with Crippen molar-refractivity contribution in [3.05, 3.63) is 0 Å². The molecule has 18 heavy (non-hydrogen) atoms. The van der Waals surface area contributed by atoms with Crippen LogP contribution in [-0.4, -0.2) is 56.3 Å². The summed E-state index contributed by atoms with van der Waals surface area (Å²) in [7, 11) is 1.91. The predicted octanol–water partition coefficient (Wildman–Crippen LogP) is -0.965. The maximum Gasteiger partial charge on any atom is 0.321 e. The molecule has 0 fully saturated rings. The summed E-state index contributed by atoms with van der Waals surface area (Å²) in [6, 6.07) is -2.42. The molecule has 1 unspecified atom stereocenters. The van der Waals surface area contributed by atoms with E-state index in [-0.39, 0.29) is 5.75 Å². The molecule has 0 bridgehead atoms. The molecule has 0 aliphatic heterocycles. The Hall–Kier alpha value is -0.970. The lowest BCUT2D eigenvalue weighted by Gasteiger charge is -2.18. The number of aliphatic carboxylic acids is 3. The maximum absolute atomic E-state index is 10.7. The van der Waals surface area contributed by atoms with Crippen molar-refractivity contribution >= 4 is 39.5 Å². The minimum Gasteiger partial charge on any atom is -0.481 e. The predicted molar refractivity (Wildman–Crippen MR) is 67.3 cm³/mol. The highest BCUT2D eigenvalue weighted by molar-refractivity contribution is 8.77. The van der Waals surface area contributed by atoms with Crippen LogP contribution in [-0.2, 0) is 14.4 Å². The summed E-state index contributed by atoms with van der Waals surface area (Å²) in [5, 5.41) is 25.0. The molecule has 0 radical (unpaired) electrons. The van der Waals surface area contributed by atoms with Gasteiger partial charge in [0.05, 0.1) is 11.7 Å². The second-order valence-electron chi connectivity index (χ2n) is 3.33. The first-order chi connectivity index (χ1) is 8.25. The van der Waals surface area contributed by atoms with Crippen LogP contribution in [0, 0.1) is 0 Å². The van der Waals surface area contributed by atoms with E-state index >= 15 is 0 Å². The molecule has 3 atom stereocenters. The third-order valence-corrected chi connectivity index (χ3v) is 4.71. The van der Waals surface area contributed by atoms with Crippen LogP contribution in [0.15, 0.2) is 0 Å². The van der Waals surface area contributed by atoms with Gasteiger partial charge in [0.15, 0.2) is 0 Å². The van der Waals surface area contributed by atoms with E-state index in [0.29, 0.717) is 0 Å². The number of rotatable bonds is 9. The monoisotopic (exact) mass is 298 g/mol. The Balaban J connectivity index is 4.29. The van der Waals surface area contributed by atoms with Crippen molar-refractivity contribution in [1.29, 1.82) is 0 Å². The van der Waals surface area contributed by atoms with Gasteiger partial charge in [0, 0.05) is 5.75 Å². The fraction of sp³-hybridized carbons (Fsp3) is 0.625. The highest BCUT2D eigenvalue weighted by Gasteiger charge is 2.27. The summed E-state index contributed by atoms with van der Waals surface area (Å²) in [4.78, 5) is 31.7. The molecule has 104 valence electrons. The molecule has 8 nitrogen and oxygen atoms in total. The van der Waals surface area contributed by atoms with Crippen LogP contribution in [0.25, 0.3) is 0 Å². The summed E-state index contributed by atoms with van der Waals surface area (Å²) in [6.45, 7) is 0. The SMILES string of the molecule is N[C@H](C(=O)O)C(CC(=O)O)SSC[C@H](N)C(=O)O. The number of hydrogen-bond acceptors (Lipinski definition) is 7. The van der Waals surface area contributed by atoms with Crippen LogP contribution in [0.4, 0.5) is 0 Å². The molecular weight excluding hydrogens is 284 g/mol. The molecule has 0 aromatic heterocycles. The van der Waals surface area contributed by atoms with Crippen molar-refractivity contribution in [1.82, 2.24) is 0 Å². The van der Waals surface area contributed by atoms with E-state index < -0.39 is 41.7 Å². The van der Waals surface area contributed by atoms with Crippen molar-refractivity contribution in [2.24, 2.45) is 11.5 Å². The zero-order valence-electron chi connectivity index (χ0n) is 9.18. The van der Waals surface area contributed by atoms with Crippen molar-refractivity contribution in [2.75, 3.05) is 5.75 Å². The molecule has 7 N–H and O–H groups in total. The van der Waals surface area contributed by atoms with Crippen LogP contribution < -0.4 is 11.5 Å². The first-order valence-electron chi connectivity index (χ1n) is 4.72. The first kappa shape index (κ1) is 17.0. The van der Waals surface area contributed by atoms with Crippen molar-refractivity contribution < 1.29 is 29.7 Å². The van der Waals surface area contributed by atoms with Gasteiger partial charge in [-0.05, 0) is 0 Å². The number of carbonyl (C=O) groups is 3. The van der Waals surface area contributed by atoms with Crippen LogP contribution >= 0.6 is 21.6 Å². The van der Waals surface area contributed by atoms with E-state index in [0.717, 1.165) is 21.6 Å². The standard InChI is InChI=1S/C8H14N2O6S2/c9-3(7(13)14)2-17-18-4(1-5(11)12)6(10)8(15)16/h3-4,6H,1-2,9-10H2,(H,11,12)(H,13,14)(H,15,16)/t3-,4?,6-/m0/s1. The van der Waals surface area contributed by atoms with Crippen molar-refractivity contribution in [2.45, 2.75) is 23.8 Å². The van der Waals surface area contributed by atoms with Crippen LogP contribution in [0.3, 0.4) is 0 Å². The number of carboxylic acid groups (broad SMARTS) is 3. The van der Waals surface area contributed by atoms with Gasteiger partial charge >= 0.3 is 17.9 Å². The van der Waals surface area contributed by atoms with E-state index in [1.807, 2.05) is 0 Å². The van der Waals surface area contributed by atoms with E-state index in [9.17, 15) is 14.4 Å². The van der Waals surface area contributed by atoms with E-state index in [4.69, 9.17) is 26.8 Å². The molecule has 0 spiro atoms. The minimum absolute atomic E-state index is 0.0302. The lowest BCUT2D eigenvalue weighted by atomic mass is 10.1. The number of nitrogens with two attached hydrogens (primary N) is 2. The van der Waals surface area contributed by atoms with Gasteiger partial charge in [-0.15, -0.1) is 0 Å². The average molecular weight is 298 g/mol. The molecule has 0 saturated carbocycles. The van der Waals surface area contributed by atoms with Crippen molar-refractivity contribution in [3.8, 4) is 0 Å². The van der Waals surface area contributed by atoms with Gasteiger partial charge in [-0.1, -0.05) is 21.6 Å². The van der Waals surface area contributed by atoms with Crippen LogP contribution in [0.2, 0.25) is 0 Å². The molecule has 10 heteroatoms. The van der Waals surface area contributed by atoms with Gasteiger partial charge in [0.1, 0.15) is 12.1 Å². The molecule has 0 amide bonds. The normalized spacial score (nSPS) is 15.7. The maximum atomic E-state index is 10.7. The first-order valence-corrected chi connectivity index (χ1v) is 7.10. The van der Waals surface area contributed by atoms with Crippen molar-refractivity contribution in [3.63, 3.8) is 0 Å². The fourth-order valence-corrected chi connectivity index (χ4v) is 3.58. The van der Waals surface area contributed by atoms with Gasteiger partial charge in [-0.2, -0.15) is 0 Å². The Labute approximate surface area is 110 Å². The number of carboxylic acids is 3. The van der Waals surface area contributed by atoms with Crippen LogP contribution in [0.5, 0.6) is 0 Å². The summed E-state index contributed by atoms with van der Waals surface area (Å²) >= 11 is 0. The third-order valence-electron chi connectivity index (χ3n) is 1.82. The Morgan fingerprint density at radius 2 is 1.61 bits per heavy atom. The third kappa shape index (κ3) is 6.69. The molecule has 0 aliphatic carbocycles. The number of hydrogen-bond donors (Lipinski definition) is 5. The Kier molecular flexibility index (Phi) is 7.75. The molecular formula is C8H14N2O6S2. The van der Waals surface area contributed by atoms with E-state index in [1.54, 1.807) is 0 Å². The lowest BCUT2D eigenvalue weighted by molar-refractivity contribution is -0.140. The van der Waals surface area contributed by atoms with E-state index in [2.05, 4.69) is 0 Å². The summed E-state index contributed by atoms with van der Waals surface area (Å²) < 4.78 is 0. The second-order valence-corrected chi connectivity index (χ2v) is 5.98. The van der Waals surface area contributed by atoms with Gasteiger partial charge in [0.25, 0.3) is 0 Å². The topological polar surface area (TPSA) is 164 Å². The second kappa shape index (κ2) is 8.19.